The molecule has 0 aliphatic heterocycles. The molecule has 2 aliphatic rings. The molecule has 3 unspecified atom stereocenters. The highest BCUT2D eigenvalue weighted by molar-refractivity contribution is 4.94. The predicted molar refractivity (Wildman–Crippen MR) is 73.9 cm³/mol. The topological polar surface area (TPSA) is 38.0 Å². The van der Waals surface area contributed by atoms with Crippen molar-refractivity contribution in [1.29, 1.82) is 0 Å². The van der Waals surface area contributed by atoms with Gasteiger partial charge in [-0.15, -0.1) is 0 Å². The summed E-state index contributed by atoms with van der Waals surface area (Å²) in [6.07, 6.45) is 8.14. The first-order chi connectivity index (χ1) is 8.01. The van der Waals surface area contributed by atoms with Crippen molar-refractivity contribution in [2.24, 2.45) is 23.0 Å². The van der Waals surface area contributed by atoms with E-state index in [4.69, 9.17) is 5.73 Å². The highest BCUT2D eigenvalue weighted by Crippen LogP contribution is 2.44. The van der Waals surface area contributed by atoms with Gasteiger partial charge in [-0.05, 0) is 49.5 Å². The van der Waals surface area contributed by atoms with Crippen LogP contribution in [0.2, 0.25) is 0 Å². The van der Waals surface area contributed by atoms with Crippen LogP contribution < -0.4 is 11.1 Å². The summed E-state index contributed by atoms with van der Waals surface area (Å²) in [4.78, 5) is 0. The fourth-order valence-corrected chi connectivity index (χ4v) is 3.74. The van der Waals surface area contributed by atoms with E-state index in [1.165, 1.54) is 45.1 Å². The second-order valence-electron chi connectivity index (χ2n) is 6.94. The van der Waals surface area contributed by atoms with Crippen LogP contribution in [-0.4, -0.2) is 18.6 Å². The summed E-state index contributed by atoms with van der Waals surface area (Å²) in [6, 6.07) is 1.21. The van der Waals surface area contributed by atoms with E-state index in [2.05, 4.69) is 26.1 Å². The Labute approximate surface area is 107 Å². The minimum Gasteiger partial charge on any atom is -0.327 e. The van der Waals surface area contributed by atoms with Gasteiger partial charge in [0.25, 0.3) is 0 Å². The van der Waals surface area contributed by atoms with E-state index in [1.807, 2.05) is 0 Å². The zero-order valence-corrected chi connectivity index (χ0v) is 11.8. The highest BCUT2D eigenvalue weighted by Gasteiger charge is 2.41. The quantitative estimate of drug-likeness (QED) is 0.793. The second-order valence-corrected chi connectivity index (χ2v) is 6.94. The normalized spacial score (nSPS) is 38.5. The van der Waals surface area contributed by atoms with Crippen molar-refractivity contribution in [2.45, 2.75) is 71.4 Å². The molecule has 0 heterocycles. The molecule has 0 amide bonds. The fraction of sp³-hybridized carbons (Fsp3) is 1.00. The molecule has 2 fully saturated rings. The maximum atomic E-state index is 6.21. The Morgan fingerprint density at radius 3 is 2.41 bits per heavy atom. The number of nitrogens with two attached hydrogens (primary N) is 1. The van der Waals surface area contributed by atoms with Crippen LogP contribution in [0.5, 0.6) is 0 Å². The van der Waals surface area contributed by atoms with Gasteiger partial charge in [0, 0.05) is 12.1 Å². The largest absolute Gasteiger partial charge is 0.327 e. The molecule has 17 heavy (non-hydrogen) atoms. The Bertz CT molecular complexity index is 243. The van der Waals surface area contributed by atoms with Crippen LogP contribution >= 0.6 is 0 Å². The molecule has 3 atom stereocenters. The Hall–Kier alpha value is -0.0800. The zero-order valence-electron chi connectivity index (χ0n) is 11.8. The van der Waals surface area contributed by atoms with Crippen LogP contribution in [0.1, 0.15) is 59.3 Å². The first-order valence-corrected chi connectivity index (χ1v) is 7.50. The lowest BCUT2D eigenvalue weighted by Gasteiger charge is -2.47. The van der Waals surface area contributed by atoms with E-state index in [9.17, 15) is 0 Å². The molecule has 0 radical (unpaired) electrons. The van der Waals surface area contributed by atoms with Crippen LogP contribution in [0.25, 0.3) is 0 Å². The third-order valence-electron chi connectivity index (χ3n) is 5.72. The van der Waals surface area contributed by atoms with Gasteiger partial charge in [-0.1, -0.05) is 33.6 Å². The van der Waals surface area contributed by atoms with E-state index >= 15 is 0 Å². The average Bonchev–Trinajstić information content (AvgIpc) is 2.78. The molecule has 2 saturated carbocycles. The Morgan fingerprint density at radius 1 is 1.12 bits per heavy atom. The maximum absolute atomic E-state index is 6.21. The van der Waals surface area contributed by atoms with Gasteiger partial charge in [0.2, 0.25) is 0 Å². The van der Waals surface area contributed by atoms with Crippen LogP contribution in [0.15, 0.2) is 0 Å². The highest BCUT2D eigenvalue weighted by atomic mass is 14.9. The molecule has 0 spiro atoms. The second kappa shape index (κ2) is 5.27. The summed E-state index contributed by atoms with van der Waals surface area (Å²) >= 11 is 0. The number of rotatable bonds is 3. The molecular formula is C15H30N2. The molecule has 100 valence electrons. The molecule has 0 bridgehead atoms. The van der Waals surface area contributed by atoms with Gasteiger partial charge in [0.1, 0.15) is 0 Å². The van der Waals surface area contributed by atoms with Crippen molar-refractivity contribution in [3.8, 4) is 0 Å². The van der Waals surface area contributed by atoms with E-state index in [0.29, 0.717) is 17.4 Å². The van der Waals surface area contributed by atoms with Gasteiger partial charge >= 0.3 is 0 Å². The van der Waals surface area contributed by atoms with Crippen LogP contribution in [-0.2, 0) is 0 Å². The van der Waals surface area contributed by atoms with Crippen molar-refractivity contribution in [3.63, 3.8) is 0 Å². The molecule has 2 heteroatoms. The molecule has 2 nitrogen and oxygen atoms in total. The molecule has 0 aromatic heterocycles. The molecule has 3 N–H and O–H groups in total. The van der Waals surface area contributed by atoms with Crippen molar-refractivity contribution < 1.29 is 0 Å². The van der Waals surface area contributed by atoms with E-state index in [0.717, 1.165) is 12.0 Å². The van der Waals surface area contributed by atoms with E-state index in [-0.39, 0.29) is 0 Å². The van der Waals surface area contributed by atoms with Crippen molar-refractivity contribution in [2.75, 3.05) is 6.54 Å². The summed E-state index contributed by atoms with van der Waals surface area (Å²) in [5, 5.41) is 3.80. The Balaban J connectivity index is 1.86. The first-order valence-electron chi connectivity index (χ1n) is 7.50. The lowest BCUT2D eigenvalue weighted by Crippen LogP contribution is -2.50. The summed E-state index contributed by atoms with van der Waals surface area (Å²) in [5.41, 5.74) is 6.61. The van der Waals surface area contributed by atoms with Gasteiger partial charge in [-0.25, -0.2) is 0 Å². The van der Waals surface area contributed by atoms with Gasteiger partial charge in [-0.2, -0.15) is 0 Å². The van der Waals surface area contributed by atoms with Crippen LogP contribution in [0.4, 0.5) is 0 Å². The maximum Gasteiger partial charge on any atom is 0.00698 e. The Morgan fingerprint density at radius 2 is 1.76 bits per heavy atom. The van der Waals surface area contributed by atoms with Crippen LogP contribution in [0, 0.1) is 17.3 Å². The third kappa shape index (κ3) is 2.85. The smallest absolute Gasteiger partial charge is 0.00698 e. The molecular weight excluding hydrogens is 208 g/mol. The first kappa shape index (κ1) is 13.4. The molecule has 0 saturated heterocycles. The van der Waals surface area contributed by atoms with Crippen molar-refractivity contribution in [3.05, 3.63) is 0 Å². The van der Waals surface area contributed by atoms with Gasteiger partial charge in [0.15, 0.2) is 0 Å². The molecule has 0 aromatic rings. The summed E-state index contributed by atoms with van der Waals surface area (Å²) in [6.45, 7) is 8.37. The average molecular weight is 238 g/mol. The number of nitrogens with one attached hydrogen (secondary N) is 1. The lowest BCUT2D eigenvalue weighted by molar-refractivity contribution is 0.0524. The van der Waals surface area contributed by atoms with Gasteiger partial charge in [-0.3, -0.25) is 0 Å². The van der Waals surface area contributed by atoms with E-state index < -0.39 is 0 Å². The minimum absolute atomic E-state index is 0.392. The van der Waals surface area contributed by atoms with Crippen molar-refractivity contribution >= 4 is 0 Å². The lowest BCUT2D eigenvalue weighted by atomic mass is 9.61. The molecule has 2 rings (SSSR count). The minimum atomic E-state index is 0.392. The summed E-state index contributed by atoms with van der Waals surface area (Å²) in [7, 11) is 0. The standard InChI is InChI=1S/C15H30N2/c1-11-14(16)9-8-12(15(11,2)3)10-17-13-6-4-5-7-13/h11-14,17H,4-10,16H2,1-3H3. The van der Waals surface area contributed by atoms with E-state index in [1.54, 1.807) is 0 Å². The monoisotopic (exact) mass is 238 g/mol. The van der Waals surface area contributed by atoms with Crippen LogP contribution in [0.3, 0.4) is 0 Å². The zero-order chi connectivity index (χ0) is 12.5. The fourth-order valence-electron chi connectivity index (χ4n) is 3.74. The molecule has 2 aliphatic carbocycles. The van der Waals surface area contributed by atoms with Crippen molar-refractivity contribution in [1.82, 2.24) is 5.32 Å². The van der Waals surface area contributed by atoms with Gasteiger partial charge in [0.05, 0.1) is 0 Å². The Kier molecular flexibility index (Phi) is 4.14. The number of hydrogen-bond acceptors (Lipinski definition) is 2. The summed E-state index contributed by atoms with van der Waals surface area (Å²) < 4.78 is 0. The SMILES string of the molecule is CC1C(N)CCC(CNC2CCCC2)C1(C)C. The summed E-state index contributed by atoms with van der Waals surface area (Å²) in [5.74, 6) is 1.45. The van der Waals surface area contributed by atoms with Gasteiger partial charge < -0.3 is 11.1 Å². The third-order valence-corrected chi connectivity index (χ3v) is 5.72. The predicted octanol–water partition coefficient (Wildman–Crippen LogP) is 2.92. The number of hydrogen-bond donors (Lipinski definition) is 2. The molecule has 0 aromatic carbocycles.